The number of likely N-dealkylation sites (N-methyl/N-ethyl adjacent to an activating group) is 1. The maximum Gasteiger partial charge on any atom is 0.325 e. The Balaban J connectivity index is 1.86. The predicted octanol–water partition coefficient (Wildman–Crippen LogP) is 0.992. The molecule has 5 nitrogen and oxygen atoms in total. The molecule has 0 unspecified atom stereocenters. The van der Waals surface area contributed by atoms with Crippen molar-refractivity contribution in [1.29, 1.82) is 0 Å². The highest BCUT2D eigenvalue weighted by atomic mass is 16.5. The zero-order chi connectivity index (χ0) is 15.1. The van der Waals surface area contributed by atoms with Crippen molar-refractivity contribution in [1.82, 2.24) is 9.80 Å². The van der Waals surface area contributed by atoms with Gasteiger partial charge in [-0.3, -0.25) is 9.69 Å². The first-order valence-electron chi connectivity index (χ1n) is 7.33. The molecule has 1 heterocycles. The first-order chi connectivity index (χ1) is 10.2. The van der Waals surface area contributed by atoms with E-state index in [2.05, 4.69) is 16.8 Å². The van der Waals surface area contributed by atoms with Crippen molar-refractivity contribution < 1.29 is 14.3 Å². The van der Waals surface area contributed by atoms with Crippen molar-refractivity contribution in [2.45, 2.75) is 12.6 Å². The van der Waals surface area contributed by atoms with Gasteiger partial charge in [0, 0.05) is 26.2 Å². The van der Waals surface area contributed by atoms with E-state index in [9.17, 15) is 4.79 Å². The Labute approximate surface area is 126 Å². The first kappa shape index (κ1) is 15.9. The normalized spacial score (nSPS) is 18.4. The molecule has 1 aliphatic heterocycles. The highest BCUT2D eigenvalue weighted by Crippen LogP contribution is 2.09. The number of hydrogen-bond donors (Lipinski definition) is 0. The van der Waals surface area contributed by atoms with Gasteiger partial charge in [0.25, 0.3) is 0 Å². The van der Waals surface area contributed by atoms with Crippen LogP contribution in [0.25, 0.3) is 0 Å². The third-order valence-corrected chi connectivity index (χ3v) is 3.84. The molecule has 1 aromatic rings. The summed E-state index contributed by atoms with van der Waals surface area (Å²) < 4.78 is 10.6. The van der Waals surface area contributed by atoms with E-state index in [1.807, 2.05) is 30.3 Å². The Kier molecular flexibility index (Phi) is 6.17. The van der Waals surface area contributed by atoms with Gasteiger partial charge in [-0.05, 0) is 12.6 Å². The maximum atomic E-state index is 12.0. The smallest absolute Gasteiger partial charge is 0.325 e. The van der Waals surface area contributed by atoms with Crippen molar-refractivity contribution in [3.63, 3.8) is 0 Å². The van der Waals surface area contributed by atoms with Crippen LogP contribution in [0.3, 0.4) is 0 Å². The molecule has 0 bridgehead atoms. The number of carbonyl (C=O) groups excluding carboxylic acids is 1. The molecular formula is C16H24N2O3. The molecule has 1 saturated heterocycles. The van der Waals surface area contributed by atoms with E-state index in [1.54, 1.807) is 0 Å². The van der Waals surface area contributed by atoms with Crippen LogP contribution in [-0.2, 0) is 20.9 Å². The van der Waals surface area contributed by atoms with Gasteiger partial charge >= 0.3 is 5.97 Å². The number of nitrogens with zero attached hydrogens (tertiary/aromatic N) is 2. The summed E-state index contributed by atoms with van der Waals surface area (Å²) in [6.07, 6.45) is 0. The fourth-order valence-electron chi connectivity index (χ4n) is 2.45. The Bertz CT molecular complexity index is 430. The summed E-state index contributed by atoms with van der Waals surface area (Å²) in [4.78, 5) is 16.4. The van der Waals surface area contributed by atoms with Crippen molar-refractivity contribution in [3.05, 3.63) is 35.9 Å². The number of carbonyl (C=O) groups is 1. The van der Waals surface area contributed by atoms with E-state index >= 15 is 0 Å². The van der Waals surface area contributed by atoms with Gasteiger partial charge in [0.15, 0.2) is 0 Å². The van der Waals surface area contributed by atoms with Gasteiger partial charge < -0.3 is 14.4 Å². The van der Waals surface area contributed by atoms with Crippen molar-refractivity contribution in [2.24, 2.45) is 0 Å². The maximum absolute atomic E-state index is 12.0. The Morgan fingerprint density at radius 2 is 1.86 bits per heavy atom. The summed E-state index contributed by atoms with van der Waals surface area (Å²) in [5, 5.41) is 0. The Hall–Kier alpha value is -1.43. The standard InChI is InChI=1S/C16H24N2O3/c1-17-8-10-18(11-9-17)15(16(19)20-2)13-21-12-14-6-4-3-5-7-14/h3-7,15H,8-13H2,1-2H3/t15-/m1/s1. The van der Waals surface area contributed by atoms with E-state index in [0.29, 0.717) is 13.2 Å². The summed E-state index contributed by atoms with van der Waals surface area (Å²) in [5.41, 5.74) is 1.11. The number of rotatable bonds is 6. The average Bonchev–Trinajstić information content (AvgIpc) is 2.53. The van der Waals surface area contributed by atoms with Crippen LogP contribution in [0.15, 0.2) is 30.3 Å². The van der Waals surface area contributed by atoms with Crippen LogP contribution in [0.4, 0.5) is 0 Å². The van der Waals surface area contributed by atoms with Gasteiger partial charge in [-0.1, -0.05) is 30.3 Å². The van der Waals surface area contributed by atoms with Gasteiger partial charge in [0.1, 0.15) is 6.04 Å². The molecule has 1 atom stereocenters. The molecule has 0 aliphatic carbocycles. The number of piperazine rings is 1. The molecule has 21 heavy (non-hydrogen) atoms. The van der Waals surface area contributed by atoms with Gasteiger partial charge in [0.05, 0.1) is 20.3 Å². The van der Waals surface area contributed by atoms with Crippen molar-refractivity contribution in [3.8, 4) is 0 Å². The SMILES string of the molecule is COC(=O)[C@@H](COCc1ccccc1)N1CCN(C)CC1. The lowest BCUT2D eigenvalue weighted by Crippen LogP contribution is -2.53. The second-order valence-corrected chi connectivity index (χ2v) is 5.38. The predicted molar refractivity (Wildman–Crippen MR) is 81.0 cm³/mol. The van der Waals surface area contributed by atoms with Gasteiger partial charge in [0.2, 0.25) is 0 Å². The molecule has 2 rings (SSSR count). The van der Waals surface area contributed by atoms with Gasteiger partial charge in [-0.15, -0.1) is 0 Å². The molecule has 0 radical (unpaired) electrons. The first-order valence-corrected chi connectivity index (χ1v) is 7.33. The lowest BCUT2D eigenvalue weighted by atomic mass is 10.2. The molecule has 0 aromatic heterocycles. The van der Waals surface area contributed by atoms with E-state index in [1.165, 1.54) is 7.11 Å². The van der Waals surface area contributed by atoms with Crippen LogP contribution in [-0.4, -0.2) is 68.8 Å². The summed E-state index contributed by atoms with van der Waals surface area (Å²) in [6.45, 7) is 4.54. The molecule has 1 aliphatic rings. The summed E-state index contributed by atoms with van der Waals surface area (Å²) >= 11 is 0. The number of esters is 1. The summed E-state index contributed by atoms with van der Waals surface area (Å²) in [5.74, 6) is -0.215. The van der Waals surface area contributed by atoms with E-state index < -0.39 is 0 Å². The molecule has 0 saturated carbocycles. The number of benzene rings is 1. The topological polar surface area (TPSA) is 42.0 Å². The fraction of sp³-hybridized carbons (Fsp3) is 0.562. The van der Waals surface area contributed by atoms with Gasteiger partial charge in [-0.2, -0.15) is 0 Å². The van der Waals surface area contributed by atoms with Crippen LogP contribution in [0.1, 0.15) is 5.56 Å². The van der Waals surface area contributed by atoms with Crippen molar-refractivity contribution in [2.75, 3.05) is 46.9 Å². The fourth-order valence-corrected chi connectivity index (χ4v) is 2.45. The minimum absolute atomic E-state index is 0.215. The highest BCUT2D eigenvalue weighted by Gasteiger charge is 2.29. The lowest BCUT2D eigenvalue weighted by molar-refractivity contribution is -0.150. The number of ether oxygens (including phenoxy) is 2. The quantitative estimate of drug-likeness (QED) is 0.732. The van der Waals surface area contributed by atoms with E-state index in [0.717, 1.165) is 31.7 Å². The average molecular weight is 292 g/mol. The minimum Gasteiger partial charge on any atom is -0.468 e. The molecular weight excluding hydrogens is 268 g/mol. The zero-order valence-electron chi connectivity index (χ0n) is 12.8. The van der Waals surface area contributed by atoms with Crippen LogP contribution < -0.4 is 0 Å². The van der Waals surface area contributed by atoms with Crippen LogP contribution in [0.2, 0.25) is 0 Å². The zero-order valence-corrected chi connectivity index (χ0v) is 12.8. The molecule has 1 aromatic carbocycles. The number of hydrogen-bond acceptors (Lipinski definition) is 5. The van der Waals surface area contributed by atoms with E-state index in [-0.39, 0.29) is 12.0 Å². The molecule has 1 fully saturated rings. The van der Waals surface area contributed by atoms with Gasteiger partial charge in [-0.25, -0.2) is 0 Å². The summed E-state index contributed by atoms with van der Waals surface area (Å²) in [6, 6.07) is 9.66. The Morgan fingerprint density at radius 3 is 2.48 bits per heavy atom. The molecule has 0 spiro atoms. The second kappa shape index (κ2) is 8.12. The van der Waals surface area contributed by atoms with Crippen LogP contribution in [0, 0.1) is 0 Å². The molecule has 0 amide bonds. The third kappa shape index (κ3) is 4.81. The molecule has 5 heteroatoms. The van der Waals surface area contributed by atoms with E-state index in [4.69, 9.17) is 9.47 Å². The lowest BCUT2D eigenvalue weighted by Gasteiger charge is -2.36. The molecule has 0 N–H and O–H groups in total. The monoisotopic (exact) mass is 292 g/mol. The summed E-state index contributed by atoms with van der Waals surface area (Å²) in [7, 11) is 3.53. The van der Waals surface area contributed by atoms with Crippen molar-refractivity contribution >= 4 is 5.97 Å². The minimum atomic E-state index is -0.313. The number of methoxy groups -OCH3 is 1. The molecule has 116 valence electrons. The highest BCUT2D eigenvalue weighted by molar-refractivity contribution is 5.75. The largest absolute Gasteiger partial charge is 0.468 e. The van der Waals surface area contributed by atoms with Crippen LogP contribution >= 0.6 is 0 Å². The van der Waals surface area contributed by atoms with Crippen LogP contribution in [0.5, 0.6) is 0 Å². The Morgan fingerprint density at radius 1 is 1.19 bits per heavy atom. The third-order valence-electron chi connectivity index (χ3n) is 3.84. The second-order valence-electron chi connectivity index (χ2n) is 5.38.